The molecule has 2 atom stereocenters. The molecule has 0 saturated heterocycles. The van der Waals surface area contributed by atoms with Crippen LogP contribution in [0, 0.1) is 41.8 Å². The van der Waals surface area contributed by atoms with Gasteiger partial charge in [-0.25, -0.2) is 19.3 Å². The highest BCUT2D eigenvalue weighted by Crippen LogP contribution is 2.46. The van der Waals surface area contributed by atoms with Crippen LogP contribution in [0.3, 0.4) is 0 Å². The minimum absolute atomic E-state index is 0.0513. The fraction of sp³-hybridized carbons (Fsp3) is 0.409. The lowest BCUT2D eigenvalue weighted by Crippen LogP contribution is -2.51. The number of carboxylic acid groups (broad SMARTS) is 1. The maximum atomic E-state index is 15.3. The van der Waals surface area contributed by atoms with Crippen molar-refractivity contribution in [2.24, 2.45) is 17.8 Å². The molecule has 3 fully saturated rings. The number of carbonyl (C=O) groups is 1. The van der Waals surface area contributed by atoms with Crippen LogP contribution in [0.5, 0.6) is 0 Å². The topological polar surface area (TPSA) is 128 Å². The number of halogens is 2. The monoisotopic (exact) mass is 454 g/mol. The average molecular weight is 455 g/mol. The number of carboxylic acids is 1. The molecule has 0 unspecified atom stereocenters. The number of aliphatic carboxylic acids is 1. The Kier molecular flexibility index (Phi) is 4.97. The minimum Gasteiger partial charge on any atom is -0.481 e. The predicted octanol–water partition coefficient (Wildman–Crippen LogP) is 4.29. The van der Waals surface area contributed by atoms with Gasteiger partial charge < -0.3 is 15.4 Å². The van der Waals surface area contributed by atoms with Gasteiger partial charge in [0.2, 0.25) is 0 Å². The molecule has 6 rings (SSSR count). The molecule has 3 aromatic heterocycles. The van der Waals surface area contributed by atoms with Gasteiger partial charge in [0.15, 0.2) is 17.3 Å². The van der Waals surface area contributed by atoms with E-state index in [4.69, 9.17) is 11.6 Å². The SMILES string of the molecule is Cc1c(F)c(N[C@H]2C3CCC(CC3)[C@@H]2C(=O)O)nc(-c2c[nH]c3ncc(Cl)nc23)c1C#N. The van der Waals surface area contributed by atoms with Crippen LogP contribution in [0.2, 0.25) is 5.15 Å². The quantitative estimate of drug-likeness (QED) is 0.536. The van der Waals surface area contributed by atoms with Crippen LogP contribution in [-0.2, 0) is 4.79 Å². The molecule has 10 heteroatoms. The fourth-order valence-electron chi connectivity index (χ4n) is 5.33. The van der Waals surface area contributed by atoms with E-state index in [9.17, 15) is 15.2 Å². The Balaban J connectivity index is 1.63. The minimum atomic E-state index is -0.871. The highest BCUT2D eigenvalue weighted by Gasteiger charge is 2.47. The summed E-state index contributed by atoms with van der Waals surface area (Å²) in [5, 5.41) is 22.9. The number of aromatic nitrogens is 4. The Labute approximate surface area is 187 Å². The van der Waals surface area contributed by atoms with Crippen molar-refractivity contribution < 1.29 is 14.3 Å². The highest BCUT2D eigenvalue weighted by atomic mass is 35.5. The first kappa shape index (κ1) is 20.6. The van der Waals surface area contributed by atoms with Crippen LogP contribution < -0.4 is 5.32 Å². The summed E-state index contributed by atoms with van der Waals surface area (Å²) >= 11 is 6.01. The van der Waals surface area contributed by atoms with Gasteiger partial charge in [0.05, 0.1) is 23.4 Å². The summed E-state index contributed by atoms with van der Waals surface area (Å²) < 4.78 is 15.3. The van der Waals surface area contributed by atoms with E-state index in [1.165, 1.54) is 13.1 Å². The number of anilines is 1. The van der Waals surface area contributed by atoms with E-state index < -0.39 is 23.7 Å². The molecular weight excluding hydrogens is 435 g/mol. The van der Waals surface area contributed by atoms with E-state index in [1.54, 1.807) is 6.20 Å². The maximum absolute atomic E-state index is 15.3. The van der Waals surface area contributed by atoms with Gasteiger partial charge in [-0.2, -0.15) is 5.26 Å². The molecule has 0 radical (unpaired) electrons. The molecule has 32 heavy (non-hydrogen) atoms. The summed E-state index contributed by atoms with van der Waals surface area (Å²) in [7, 11) is 0. The highest BCUT2D eigenvalue weighted by molar-refractivity contribution is 6.29. The molecule has 0 aliphatic heterocycles. The average Bonchev–Trinajstić information content (AvgIpc) is 3.20. The van der Waals surface area contributed by atoms with E-state index >= 15 is 4.39 Å². The first-order valence-corrected chi connectivity index (χ1v) is 10.9. The Morgan fingerprint density at radius 2 is 2.03 bits per heavy atom. The van der Waals surface area contributed by atoms with Gasteiger partial charge in [0.1, 0.15) is 16.7 Å². The fourth-order valence-corrected chi connectivity index (χ4v) is 5.46. The van der Waals surface area contributed by atoms with Crippen molar-refractivity contribution in [3.05, 3.63) is 34.5 Å². The maximum Gasteiger partial charge on any atom is 0.308 e. The lowest BCUT2D eigenvalue weighted by molar-refractivity contribution is -0.148. The van der Waals surface area contributed by atoms with E-state index in [1.807, 2.05) is 6.07 Å². The normalized spacial score (nSPS) is 24.4. The summed E-state index contributed by atoms with van der Waals surface area (Å²) in [6.07, 6.45) is 6.58. The van der Waals surface area contributed by atoms with Gasteiger partial charge in [-0.15, -0.1) is 0 Å². The Bertz CT molecular complexity index is 1280. The number of pyridine rings is 1. The molecule has 3 aromatic rings. The molecule has 164 valence electrons. The molecule has 3 aliphatic carbocycles. The van der Waals surface area contributed by atoms with E-state index in [2.05, 4.69) is 25.3 Å². The summed E-state index contributed by atoms with van der Waals surface area (Å²) in [5.41, 5.74) is 1.80. The van der Waals surface area contributed by atoms with Gasteiger partial charge in [0, 0.05) is 23.4 Å². The number of nitriles is 1. The van der Waals surface area contributed by atoms with Crippen molar-refractivity contribution in [1.29, 1.82) is 5.26 Å². The van der Waals surface area contributed by atoms with Crippen molar-refractivity contribution in [2.45, 2.75) is 38.6 Å². The molecular formula is C22H20ClFN6O2. The van der Waals surface area contributed by atoms with Crippen LogP contribution in [0.4, 0.5) is 10.2 Å². The first-order valence-electron chi connectivity index (χ1n) is 10.5. The Morgan fingerprint density at radius 3 is 2.72 bits per heavy atom. The van der Waals surface area contributed by atoms with Crippen LogP contribution in [0.25, 0.3) is 22.4 Å². The molecule has 0 amide bonds. The van der Waals surface area contributed by atoms with Crippen molar-refractivity contribution in [3.63, 3.8) is 0 Å². The van der Waals surface area contributed by atoms with Gasteiger partial charge in [-0.05, 0) is 44.4 Å². The summed E-state index contributed by atoms with van der Waals surface area (Å²) in [5.74, 6) is -1.96. The first-order chi connectivity index (χ1) is 15.4. The summed E-state index contributed by atoms with van der Waals surface area (Å²) in [6, 6.07) is 1.62. The lowest BCUT2D eigenvalue weighted by atomic mass is 9.61. The van der Waals surface area contributed by atoms with Crippen LogP contribution in [-0.4, -0.2) is 37.1 Å². The third-order valence-electron chi connectivity index (χ3n) is 6.90. The third kappa shape index (κ3) is 3.17. The largest absolute Gasteiger partial charge is 0.481 e. The summed E-state index contributed by atoms with van der Waals surface area (Å²) in [6.45, 7) is 1.51. The molecule has 3 N–H and O–H groups in total. The van der Waals surface area contributed by atoms with E-state index in [-0.39, 0.29) is 39.6 Å². The van der Waals surface area contributed by atoms with Gasteiger partial charge >= 0.3 is 5.97 Å². The molecule has 3 aliphatic rings. The van der Waals surface area contributed by atoms with Crippen LogP contribution in [0.1, 0.15) is 36.8 Å². The number of nitrogens with zero attached hydrogens (tertiary/aromatic N) is 4. The van der Waals surface area contributed by atoms with Gasteiger partial charge in [0.25, 0.3) is 0 Å². The van der Waals surface area contributed by atoms with E-state index in [0.717, 1.165) is 25.7 Å². The van der Waals surface area contributed by atoms with Crippen molar-refractivity contribution in [3.8, 4) is 17.3 Å². The molecule has 3 heterocycles. The second kappa shape index (κ2) is 7.71. The zero-order chi connectivity index (χ0) is 22.6. The van der Waals surface area contributed by atoms with Gasteiger partial charge in [-0.3, -0.25) is 4.79 Å². The van der Waals surface area contributed by atoms with Crippen molar-refractivity contribution >= 4 is 34.6 Å². The van der Waals surface area contributed by atoms with Crippen LogP contribution in [0.15, 0.2) is 12.4 Å². The zero-order valence-electron chi connectivity index (χ0n) is 17.2. The Hall–Kier alpha value is -3.25. The Morgan fingerprint density at radius 1 is 1.31 bits per heavy atom. The molecule has 3 saturated carbocycles. The molecule has 0 spiro atoms. The standard InChI is InChI=1S/C22H20ClFN6O2/c1-9-12(6-25)18(13-7-26-21-19(13)28-14(23)8-27-21)30-20(16(9)24)29-17-11-4-2-10(3-5-11)15(17)22(31)32/h7-8,10-11,15,17H,2-5H2,1H3,(H,26,27)(H,29,30)(H,31,32)/t10?,11?,15-,17-/m0/s1. The van der Waals surface area contributed by atoms with E-state index in [0.29, 0.717) is 16.7 Å². The number of nitrogens with one attached hydrogen (secondary N) is 2. The number of H-pyrrole nitrogens is 1. The summed E-state index contributed by atoms with van der Waals surface area (Å²) in [4.78, 5) is 27.9. The lowest BCUT2D eigenvalue weighted by Gasteiger charge is -2.47. The second-order valence-corrected chi connectivity index (χ2v) is 8.92. The molecule has 2 bridgehead atoms. The number of hydrogen-bond donors (Lipinski definition) is 3. The number of aromatic amines is 1. The molecule has 0 aromatic carbocycles. The molecule has 8 nitrogen and oxygen atoms in total. The number of rotatable bonds is 4. The number of fused-ring (bicyclic) bond motifs is 4. The van der Waals surface area contributed by atoms with Crippen LogP contribution >= 0.6 is 11.6 Å². The zero-order valence-corrected chi connectivity index (χ0v) is 17.9. The van der Waals surface area contributed by atoms with Gasteiger partial charge in [-0.1, -0.05) is 11.6 Å². The van der Waals surface area contributed by atoms with Crippen molar-refractivity contribution in [2.75, 3.05) is 5.32 Å². The predicted molar refractivity (Wildman–Crippen MR) is 116 cm³/mol. The smallest absolute Gasteiger partial charge is 0.308 e. The third-order valence-corrected chi connectivity index (χ3v) is 7.08. The number of hydrogen-bond acceptors (Lipinski definition) is 6. The second-order valence-electron chi connectivity index (χ2n) is 8.54. The van der Waals surface area contributed by atoms with Crippen molar-refractivity contribution in [1.82, 2.24) is 19.9 Å².